The molecule has 0 bridgehead atoms. The zero-order valence-corrected chi connectivity index (χ0v) is 13.7. The molecule has 0 saturated carbocycles. The van der Waals surface area contributed by atoms with Crippen molar-refractivity contribution in [1.29, 1.82) is 0 Å². The van der Waals surface area contributed by atoms with E-state index in [1.54, 1.807) is 0 Å². The first-order valence-corrected chi connectivity index (χ1v) is 8.87. The number of ether oxygens (including phenoxy) is 1. The maximum atomic E-state index is 11.9. The fraction of sp³-hybridized carbons (Fsp3) is 0.867. The van der Waals surface area contributed by atoms with E-state index in [1.807, 2.05) is 13.2 Å². The molecule has 0 N–H and O–H groups in total. The van der Waals surface area contributed by atoms with Crippen LogP contribution in [0.15, 0.2) is 0 Å². The zero-order chi connectivity index (χ0) is 15.0. The second-order valence-corrected chi connectivity index (χ2v) is 6.32. The first-order chi connectivity index (χ1) is 9.60. The average molecular weight is 301 g/mol. The number of carbonyl (C=O) groups is 2. The molecule has 2 amide bonds. The van der Waals surface area contributed by atoms with Crippen LogP contribution in [0.4, 0.5) is 0 Å². The molecular weight excluding hydrogens is 274 g/mol. The predicted octanol–water partition coefficient (Wildman–Crippen LogP) is 2.85. The Bertz CT molecular complexity index is 322. The van der Waals surface area contributed by atoms with Crippen molar-refractivity contribution in [2.75, 3.05) is 19.4 Å². The highest BCUT2D eigenvalue weighted by atomic mass is 32.2. The zero-order valence-electron chi connectivity index (χ0n) is 12.9. The van der Waals surface area contributed by atoms with Gasteiger partial charge in [0.1, 0.15) is 0 Å². The third-order valence-electron chi connectivity index (χ3n) is 3.68. The summed E-state index contributed by atoms with van der Waals surface area (Å²) in [4.78, 5) is 25.1. The van der Waals surface area contributed by atoms with Gasteiger partial charge in [0, 0.05) is 19.6 Å². The molecule has 1 heterocycles. The van der Waals surface area contributed by atoms with Crippen LogP contribution in [0.2, 0.25) is 0 Å². The maximum Gasteiger partial charge on any atom is 0.242 e. The van der Waals surface area contributed by atoms with Crippen molar-refractivity contribution in [2.24, 2.45) is 0 Å². The number of hydrogen-bond acceptors (Lipinski definition) is 4. The molecule has 1 aliphatic heterocycles. The third kappa shape index (κ3) is 5.44. The Hall–Kier alpha value is -0.550. The van der Waals surface area contributed by atoms with Gasteiger partial charge in [-0.15, -0.1) is 0 Å². The van der Waals surface area contributed by atoms with E-state index in [-0.39, 0.29) is 17.1 Å². The van der Waals surface area contributed by atoms with Crippen molar-refractivity contribution in [3.63, 3.8) is 0 Å². The minimum Gasteiger partial charge on any atom is -0.379 e. The molecular formula is C15H27NO3S. The smallest absolute Gasteiger partial charge is 0.242 e. The predicted molar refractivity (Wildman–Crippen MR) is 82.8 cm³/mol. The summed E-state index contributed by atoms with van der Waals surface area (Å²) in [6.07, 6.45) is 7.97. The van der Waals surface area contributed by atoms with E-state index in [9.17, 15) is 9.59 Å². The molecule has 20 heavy (non-hydrogen) atoms. The van der Waals surface area contributed by atoms with Gasteiger partial charge in [0.25, 0.3) is 0 Å². The Morgan fingerprint density at radius 2 is 2.00 bits per heavy atom. The summed E-state index contributed by atoms with van der Waals surface area (Å²) >= 11 is 1.48. The van der Waals surface area contributed by atoms with Crippen molar-refractivity contribution in [3.8, 4) is 0 Å². The fourth-order valence-electron chi connectivity index (χ4n) is 2.49. The molecule has 0 aromatic carbocycles. The molecule has 5 heteroatoms. The van der Waals surface area contributed by atoms with E-state index in [0.29, 0.717) is 19.1 Å². The van der Waals surface area contributed by atoms with Crippen molar-refractivity contribution >= 4 is 23.6 Å². The molecule has 116 valence electrons. The first-order valence-electron chi connectivity index (χ1n) is 7.58. The summed E-state index contributed by atoms with van der Waals surface area (Å²) in [6, 6.07) is 0. The molecule has 2 unspecified atom stereocenters. The number of rotatable bonds is 10. The van der Waals surface area contributed by atoms with Gasteiger partial charge in [0.2, 0.25) is 11.8 Å². The largest absolute Gasteiger partial charge is 0.379 e. The number of likely N-dealkylation sites (tertiary alicyclic amines) is 1. The normalized spacial score (nSPS) is 20.8. The number of unbranched alkanes of at least 4 members (excludes halogenated alkanes) is 3. The number of imide groups is 1. The lowest BCUT2D eigenvalue weighted by Gasteiger charge is -2.14. The van der Waals surface area contributed by atoms with E-state index in [0.717, 1.165) is 38.7 Å². The van der Waals surface area contributed by atoms with Crippen LogP contribution < -0.4 is 0 Å². The van der Waals surface area contributed by atoms with Gasteiger partial charge in [-0.25, -0.2) is 0 Å². The lowest BCUT2D eigenvalue weighted by Crippen LogP contribution is -2.32. The summed E-state index contributed by atoms with van der Waals surface area (Å²) < 4.78 is 5.48. The highest BCUT2D eigenvalue weighted by Crippen LogP contribution is 2.23. The molecule has 2 atom stereocenters. The monoisotopic (exact) mass is 301 g/mol. The lowest BCUT2D eigenvalue weighted by atomic mass is 10.1. The molecule has 0 aromatic heterocycles. The Labute approximate surface area is 126 Å². The van der Waals surface area contributed by atoms with Crippen molar-refractivity contribution in [1.82, 2.24) is 4.90 Å². The standard InChI is InChI=1S/C15H27NO3S/c1-4-19-12(2)9-7-5-6-8-10-16-14(17)11-13(20-3)15(16)18/h12-13H,4-11H2,1-3H3. The molecule has 1 rings (SSSR count). The molecule has 0 spiro atoms. The van der Waals surface area contributed by atoms with Gasteiger partial charge >= 0.3 is 0 Å². The van der Waals surface area contributed by atoms with Crippen LogP contribution in [-0.2, 0) is 14.3 Å². The summed E-state index contributed by atoms with van der Waals surface area (Å²) in [6.45, 7) is 5.49. The second-order valence-electron chi connectivity index (χ2n) is 5.28. The van der Waals surface area contributed by atoms with Crippen LogP contribution in [0.25, 0.3) is 0 Å². The summed E-state index contributed by atoms with van der Waals surface area (Å²) in [5.41, 5.74) is 0. The van der Waals surface area contributed by atoms with Crippen molar-refractivity contribution < 1.29 is 14.3 Å². The molecule has 0 radical (unpaired) electrons. The summed E-state index contributed by atoms with van der Waals surface area (Å²) in [5.74, 6) is 0.00628. The fourth-order valence-corrected chi connectivity index (χ4v) is 3.13. The van der Waals surface area contributed by atoms with Crippen molar-refractivity contribution in [3.05, 3.63) is 0 Å². The number of amides is 2. The summed E-state index contributed by atoms with van der Waals surface area (Å²) in [5, 5.41) is -0.144. The van der Waals surface area contributed by atoms with E-state index in [1.165, 1.54) is 16.7 Å². The van der Waals surface area contributed by atoms with E-state index >= 15 is 0 Å². The van der Waals surface area contributed by atoms with Gasteiger partial charge in [-0.3, -0.25) is 14.5 Å². The molecule has 1 saturated heterocycles. The highest BCUT2D eigenvalue weighted by molar-refractivity contribution is 8.00. The van der Waals surface area contributed by atoms with Crippen LogP contribution >= 0.6 is 11.8 Å². The Balaban J connectivity index is 2.10. The minimum atomic E-state index is -0.144. The van der Waals surface area contributed by atoms with Crippen LogP contribution in [0, 0.1) is 0 Å². The van der Waals surface area contributed by atoms with Crippen LogP contribution in [0.1, 0.15) is 52.4 Å². The van der Waals surface area contributed by atoms with Crippen LogP contribution in [0.5, 0.6) is 0 Å². The van der Waals surface area contributed by atoms with Crippen LogP contribution in [0.3, 0.4) is 0 Å². The summed E-state index contributed by atoms with van der Waals surface area (Å²) in [7, 11) is 0. The molecule has 0 aromatic rings. The third-order valence-corrected chi connectivity index (χ3v) is 4.62. The quantitative estimate of drug-likeness (QED) is 0.460. The van der Waals surface area contributed by atoms with Gasteiger partial charge in [-0.05, 0) is 32.9 Å². The van der Waals surface area contributed by atoms with Gasteiger partial charge in [0.05, 0.1) is 11.4 Å². The Morgan fingerprint density at radius 1 is 1.30 bits per heavy atom. The number of carbonyl (C=O) groups excluding carboxylic acids is 2. The molecule has 0 aliphatic carbocycles. The molecule has 1 fully saturated rings. The van der Waals surface area contributed by atoms with Gasteiger partial charge in [-0.2, -0.15) is 11.8 Å². The Morgan fingerprint density at radius 3 is 2.60 bits per heavy atom. The molecule has 4 nitrogen and oxygen atoms in total. The lowest BCUT2D eigenvalue weighted by molar-refractivity contribution is -0.138. The van der Waals surface area contributed by atoms with Gasteiger partial charge in [-0.1, -0.05) is 19.3 Å². The van der Waals surface area contributed by atoms with E-state index < -0.39 is 0 Å². The van der Waals surface area contributed by atoms with E-state index in [2.05, 4.69) is 6.92 Å². The maximum absolute atomic E-state index is 11.9. The Kier molecular flexibility index (Phi) is 8.22. The highest BCUT2D eigenvalue weighted by Gasteiger charge is 2.37. The minimum absolute atomic E-state index is 0.000631. The molecule has 1 aliphatic rings. The van der Waals surface area contributed by atoms with Gasteiger partial charge in [0.15, 0.2) is 0 Å². The van der Waals surface area contributed by atoms with Crippen LogP contribution in [-0.4, -0.2) is 47.5 Å². The second kappa shape index (κ2) is 9.40. The first kappa shape index (κ1) is 17.5. The SMILES string of the molecule is CCOC(C)CCCCCCN1C(=O)CC(SC)C1=O. The van der Waals surface area contributed by atoms with E-state index in [4.69, 9.17) is 4.74 Å². The van der Waals surface area contributed by atoms with Gasteiger partial charge < -0.3 is 4.74 Å². The van der Waals surface area contributed by atoms with Crippen molar-refractivity contribution in [2.45, 2.75) is 63.7 Å². The number of nitrogens with zero attached hydrogens (tertiary/aromatic N) is 1. The number of hydrogen-bond donors (Lipinski definition) is 0. The average Bonchev–Trinajstić information content (AvgIpc) is 2.69. The number of thioether (sulfide) groups is 1. The topological polar surface area (TPSA) is 46.6 Å².